The van der Waals surface area contributed by atoms with Crippen molar-refractivity contribution in [3.05, 3.63) is 57.0 Å². The second-order valence-electron chi connectivity index (χ2n) is 6.89. The van der Waals surface area contributed by atoms with Crippen LogP contribution in [0.5, 0.6) is 0 Å². The van der Waals surface area contributed by atoms with Gasteiger partial charge >= 0.3 is 6.09 Å². The molecule has 1 fully saturated rings. The van der Waals surface area contributed by atoms with Crippen molar-refractivity contribution in [3.63, 3.8) is 0 Å². The van der Waals surface area contributed by atoms with E-state index in [0.29, 0.717) is 12.8 Å². The smallest absolute Gasteiger partial charge is 0.414 e. The van der Waals surface area contributed by atoms with Crippen LogP contribution in [0.15, 0.2) is 41.3 Å². The third-order valence-electron chi connectivity index (χ3n) is 5.18. The van der Waals surface area contributed by atoms with E-state index in [9.17, 15) is 13.2 Å². The van der Waals surface area contributed by atoms with Crippen LogP contribution in [-0.2, 0) is 21.4 Å². The average Bonchev–Trinajstić information content (AvgIpc) is 2.70. The summed E-state index contributed by atoms with van der Waals surface area (Å²) in [6.45, 7) is 0.736. The number of sulfonamides is 1. The van der Waals surface area contributed by atoms with Crippen molar-refractivity contribution in [2.75, 3.05) is 18.0 Å². The third kappa shape index (κ3) is 3.82. The number of nitrogens with zero attached hydrogens (tertiary/aromatic N) is 2. The summed E-state index contributed by atoms with van der Waals surface area (Å²) < 4.78 is 32.7. The third-order valence-corrected chi connectivity index (χ3v) is 8.27. The Morgan fingerprint density at radius 2 is 1.62 bits per heavy atom. The van der Waals surface area contributed by atoms with Crippen LogP contribution in [0.3, 0.4) is 0 Å². The molecule has 0 atom stereocenters. The highest BCUT2D eigenvalue weighted by molar-refractivity contribution is 7.89. The van der Waals surface area contributed by atoms with E-state index in [4.69, 9.17) is 39.5 Å². The predicted molar refractivity (Wildman–Crippen MR) is 112 cm³/mol. The van der Waals surface area contributed by atoms with Crippen LogP contribution in [0.1, 0.15) is 18.4 Å². The van der Waals surface area contributed by atoms with E-state index >= 15 is 0 Å². The number of halogens is 3. The number of carbonyl (C=O) groups is 1. The lowest BCUT2D eigenvalue weighted by molar-refractivity contribution is 0.136. The minimum absolute atomic E-state index is 0.0232. The molecule has 2 aliphatic heterocycles. The van der Waals surface area contributed by atoms with Crippen LogP contribution in [-0.4, -0.2) is 37.9 Å². The molecule has 154 valence electrons. The minimum atomic E-state index is -3.84. The van der Waals surface area contributed by atoms with Gasteiger partial charge in [0.15, 0.2) is 0 Å². The maximum absolute atomic E-state index is 13.1. The summed E-state index contributed by atoms with van der Waals surface area (Å²) >= 11 is 18.0. The molecule has 2 aromatic rings. The molecule has 29 heavy (non-hydrogen) atoms. The van der Waals surface area contributed by atoms with E-state index < -0.39 is 16.1 Å². The summed E-state index contributed by atoms with van der Waals surface area (Å²) in [5, 5.41) is 0.337. The number of para-hydroxylation sites is 1. The van der Waals surface area contributed by atoms with E-state index in [1.165, 1.54) is 16.4 Å². The van der Waals surface area contributed by atoms with Crippen LogP contribution in [0.25, 0.3) is 0 Å². The fourth-order valence-electron chi connectivity index (χ4n) is 3.70. The van der Waals surface area contributed by atoms with Crippen LogP contribution >= 0.6 is 34.8 Å². The van der Waals surface area contributed by atoms with Gasteiger partial charge in [0.05, 0.1) is 20.8 Å². The Balaban J connectivity index is 1.54. The summed E-state index contributed by atoms with van der Waals surface area (Å²) in [6.07, 6.45) is 0.543. The lowest BCUT2D eigenvalue weighted by atomic mass is 10.0. The molecule has 0 N–H and O–H groups in total. The van der Waals surface area contributed by atoms with E-state index in [-0.39, 0.29) is 45.7 Å². The number of piperidine rings is 1. The van der Waals surface area contributed by atoms with Crippen molar-refractivity contribution in [3.8, 4) is 0 Å². The standard InChI is InChI=1S/C19H17Cl3N2O4S/c20-14-9-16(22)18(10-15(14)21)29(26,27)23-7-5-13(6-8-23)24-17-4-2-1-3-12(17)11-28-19(24)25/h1-4,9-10,13H,5-8,11H2. The fourth-order valence-corrected chi connectivity index (χ4v) is 6.15. The van der Waals surface area contributed by atoms with E-state index in [1.54, 1.807) is 4.90 Å². The molecule has 0 saturated carbocycles. The van der Waals surface area contributed by atoms with Gasteiger partial charge < -0.3 is 4.74 Å². The zero-order valence-corrected chi connectivity index (χ0v) is 18.2. The molecule has 0 aromatic heterocycles. The molecule has 2 aromatic carbocycles. The molecule has 0 bridgehead atoms. The van der Waals surface area contributed by atoms with Crippen LogP contribution < -0.4 is 4.90 Å². The lowest BCUT2D eigenvalue weighted by Crippen LogP contribution is -2.50. The minimum Gasteiger partial charge on any atom is -0.444 e. The number of fused-ring (bicyclic) bond motifs is 1. The summed E-state index contributed by atoms with van der Waals surface area (Å²) in [5.41, 5.74) is 1.75. The van der Waals surface area contributed by atoms with Crippen molar-refractivity contribution < 1.29 is 17.9 Å². The van der Waals surface area contributed by atoms with Gasteiger partial charge in [0.25, 0.3) is 0 Å². The Labute approximate surface area is 183 Å². The molecule has 0 unspecified atom stereocenters. The second-order valence-corrected chi connectivity index (χ2v) is 10.0. The second kappa shape index (κ2) is 7.96. The van der Waals surface area contributed by atoms with Gasteiger partial charge in [-0.15, -0.1) is 0 Å². The van der Waals surface area contributed by atoms with Crippen molar-refractivity contribution >= 4 is 56.6 Å². The Hall–Kier alpha value is -1.51. The molecular formula is C19H17Cl3N2O4S. The highest BCUT2D eigenvalue weighted by Gasteiger charge is 2.37. The van der Waals surface area contributed by atoms with Crippen molar-refractivity contribution in [1.82, 2.24) is 4.31 Å². The molecule has 6 nitrogen and oxygen atoms in total. The maximum atomic E-state index is 13.1. The topological polar surface area (TPSA) is 66.9 Å². The van der Waals surface area contributed by atoms with Gasteiger partial charge in [0.1, 0.15) is 11.5 Å². The van der Waals surface area contributed by atoms with Gasteiger partial charge in [-0.3, -0.25) is 4.90 Å². The van der Waals surface area contributed by atoms with Gasteiger partial charge in [-0.2, -0.15) is 4.31 Å². The number of benzene rings is 2. The van der Waals surface area contributed by atoms with Crippen LogP contribution in [0.4, 0.5) is 10.5 Å². The quantitative estimate of drug-likeness (QED) is 0.589. The Morgan fingerprint density at radius 1 is 0.966 bits per heavy atom. The monoisotopic (exact) mass is 474 g/mol. The summed E-state index contributed by atoms with van der Waals surface area (Å²) in [4.78, 5) is 14.0. The normalized spacial score (nSPS) is 18.4. The van der Waals surface area contributed by atoms with Gasteiger partial charge in [-0.25, -0.2) is 13.2 Å². The molecule has 4 rings (SSSR count). The molecular weight excluding hydrogens is 459 g/mol. The number of amides is 1. The average molecular weight is 476 g/mol. The van der Waals surface area contributed by atoms with E-state index in [1.807, 2.05) is 24.3 Å². The molecule has 1 saturated heterocycles. The van der Waals surface area contributed by atoms with E-state index in [2.05, 4.69) is 0 Å². The molecule has 0 radical (unpaired) electrons. The summed E-state index contributed by atoms with van der Waals surface area (Å²) in [6, 6.07) is 10.0. The molecule has 0 aliphatic carbocycles. The van der Waals surface area contributed by atoms with Crippen molar-refractivity contribution in [1.29, 1.82) is 0 Å². The molecule has 2 heterocycles. The van der Waals surface area contributed by atoms with Crippen molar-refractivity contribution in [2.45, 2.75) is 30.4 Å². The first kappa shape index (κ1) is 20.8. The van der Waals surface area contributed by atoms with Crippen LogP contribution in [0, 0.1) is 0 Å². The molecule has 2 aliphatic rings. The van der Waals surface area contributed by atoms with Gasteiger partial charge in [-0.1, -0.05) is 53.0 Å². The first-order chi connectivity index (χ1) is 13.8. The maximum Gasteiger partial charge on any atom is 0.414 e. The highest BCUT2D eigenvalue weighted by atomic mass is 35.5. The first-order valence-electron chi connectivity index (χ1n) is 8.97. The Kier molecular flexibility index (Phi) is 5.70. The number of hydrogen-bond donors (Lipinski definition) is 0. The van der Waals surface area contributed by atoms with E-state index in [0.717, 1.165) is 11.3 Å². The number of rotatable bonds is 3. The predicted octanol–water partition coefficient (Wildman–Crippen LogP) is 4.96. The van der Waals surface area contributed by atoms with Crippen molar-refractivity contribution in [2.24, 2.45) is 0 Å². The summed E-state index contributed by atoms with van der Waals surface area (Å²) in [5.74, 6) is 0. The molecule has 10 heteroatoms. The van der Waals surface area contributed by atoms with Crippen LogP contribution in [0.2, 0.25) is 15.1 Å². The number of ether oxygens (including phenoxy) is 1. The fraction of sp³-hybridized carbons (Fsp3) is 0.316. The Bertz CT molecular complexity index is 1070. The number of anilines is 1. The number of cyclic esters (lactones) is 1. The summed E-state index contributed by atoms with van der Waals surface area (Å²) in [7, 11) is -3.84. The van der Waals surface area contributed by atoms with Gasteiger partial charge in [-0.05, 0) is 31.0 Å². The first-order valence-corrected chi connectivity index (χ1v) is 11.5. The lowest BCUT2D eigenvalue weighted by Gasteiger charge is -2.39. The highest BCUT2D eigenvalue weighted by Crippen LogP contribution is 2.36. The van der Waals surface area contributed by atoms with Gasteiger partial charge in [0.2, 0.25) is 10.0 Å². The zero-order chi connectivity index (χ0) is 20.8. The zero-order valence-electron chi connectivity index (χ0n) is 15.1. The molecule has 0 spiro atoms. The SMILES string of the molecule is O=C1OCc2ccccc2N1C1CCN(S(=O)(=O)c2cc(Cl)c(Cl)cc2Cl)CC1. The molecule has 1 amide bonds. The largest absolute Gasteiger partial charge is 0.444 e. The number of carbonyl (C=O) groups excluding carboxylic acids is 1. The van der Waals surface area contributed by atoms with Gasteiger partial charge in [0, 0.05) is 24.7 Å². The number of hydrogen-bond acceptors (Lipinski definition) is 4. The Morgan fingerprint density at radius 3 is 2.34 bits per heavy atom.